The van der Waals surface area contributed by atoms with E-state index < -0.39 is 8.07 Å². The van der Waals surface area contributed by atoms with Crippen LogP contribution in [-0.4, -0.2) is 14.6 Å². The summed E-state index contributed by atoms with van der Waals surface area (Å²) in [5.41, 5.74) is 10.2. The molecule has 0 saturated carbocycles. The summed E-state index contributed by atoms with van der Waals surface area (Å²) in [5, 5.41) is 3.44. The van der Waals surface area contributed by atoms with Crippen molar-refractivity contribution in [1.82, 2.24) is 0 Å². The van der Waals surface area contributed by atoms with Gasteiger partial charge in [-0.15, -0.1) is 0 Å². The van der Waals surface area contributed by atoms with Gasteiger partial charge in [0.1, 0.15) is 0 Å². The topological polar surface area (TPSA) is 48.8 Å². The number of nitrogens with zero attached hydrogens (tertiary/aromatic N) is 3. The van der Waals surface area contributed by atoms with Gasteiger partial charge in [0.15, 0.2) is 0 Å². The Labute approximate surface area is 68.8 Å². The Morgan fingerprint density at radius 2 is 2.09 bits per heavy atom. The van der Waals surface area contributed by atoms with E-state index in [0.29, 0.717) is 6.54 Å². The Morgan fingerprint density at radius 3 is 2.55 bits per heavy atom. The van der Waals surface area contributed by atoms with Crippen molar-refractivity contribution < 1.29 is 0 Å². The maximum atomic E-state index is 7.97. The minimum Gasteiger partial charge on any atom is -0.0989 e. The second-order valence-electron chi connectivity index (χ2n) is 3.51. The highest BCUT2D eigenvalue weighted by molar-refractivity contribution is 6.80. The van der Waals surface area contributed by atoms with Crippen LogP contribution in [0.25, 0.3) is 10.4 Å². The minimum absolute atomic E-state index is 0.581. The molecule has 0 aromatic rings. The highest BCUT2D eigenvalue weighted by Crippen LogP contribution is 2.02. The van der Waals surface area contributed by atoms with Gasteiger partial charge in [-0.05, 0) is 12.0 Å². The summed E-state index contributed by atoms with van der Waals surface area (Å²) in [5.74, 6) is 0. The normalized spacial score (nSPS) is 11.5. The van der Waals surface area contributed by atoms with Gasteiger partial charge in [0, 0.05) is 11.5 Å². The number of azide groups is 1. The Bertz CT molecular complexity index is 175. The van der Waals surface area contributed by atoms with Crippen LogP contribution >= 0.6 is 0 Å². The van der Waals surface area contributed by atoms with Gasteiger partial charge in [0.05, 0.1) is 8.07 Å². The Balaban J connectivity index is 3.53. The molecular weight excluding hydrogens is 154 g/mol. The second-order valence-corrected chi connectivity index (χ2v) is 8.58. The van der Waals surface area contributed by atoms with Crippen LogP contribution in [0.3, 0.4) is 0 Å². The van der Waals surface area contributed by atoms with Gasteiger partial charge in [-0.3, -0.25) is 0 Å². The van der Waals surface area contributed by atoms with E-state index in [4.69, 9.17) is 5.53 Å². The fourth-order valence-corrected chi connectivity index (χ4v) is 1.49. The van der Waals surface area contributed by atoms with Gasteiger partial charge in [-0.1, -0.05) is 36.5 Å². The molecular formula is C7H15N3Si. The van der Waals surface area contributed by atoms with E-state index in [1.165, 1.54) is 0 Å². The second kappa shape index (κ2) is 4.99. The van der Waals surface area contributed by atoms with Crippen LogP contribution in [-0.2, 0) is 0 Å². The molecule has 0 aromatic carbocycles. The van der Waals surface area contributed by atoms with Gasteiger partial charge >= 0.3 is 0 Å². The van der Waals surface area contributed by atoms with E-state index in [1.807, 2.05) is 0 Å². The average Bonchev–Trinajstić information content (AvgIpc) is 1.85. The number of hydrogen-bond acceptors (Lipinski definition) is 1. The molecule has 0 amide bonds. The summed E-state index contributed by atoms with van der Waals surface area (Å²) >= 11 is 0. The zero-order chi connectivity index (χ0) is 8.74. The summed E-state index contributed by atoms with van der Waals surface area (Å²) in [6.07, 6.45) is 2.98. The van der Waals surface area contributed by atoms with Gasteiger partial charge in [-0.25, -0.2) is 0 Å². The van der Waals surface area contributed by atoms with Crippen molar-refractivity contribution in [1.29, 1.82) is 0 Å². The van der Waals surface area contributed by atoms with Crippen molar-refractivity contribution >= 4 is 8.07 Å². The molecule has 0 atom stereocenters. The molecule has 0 fully saturated rings. The first kappa shape index (κ1) is 10.3. The molecule has 0 heterocycles. The molecule has 11 heavy (non-hydrogen) atoms. The van der Waals surface area contributed by atoms with E-state index in [9.17, 15) is 0 Å². The molecule has 3 nitrogen and oxygen atoms in total. The Morgan fingerprint density at radius 1 is 1.45 bits per heavy atom. The zero-order valence-corrected chi connectivity index (χ0v) is 8.41. The van der Waals surface area contributed by atoms with Gasteiger partial charge in [-0.2, -0.15) is 0 Å². The third-order valence-electron chi connectivity index (χ3n) is 1.08. The highest BCUT2D eigenvalue weighted by Gasteiger charge is 2.05. The van der Waals surface area contributed by atoms with Crippen LogP contribution in [0.2, 0.25) is 19.6 Å². The first-order valence-electron chi connectivity index (χ1n) is 3.75. The molecule has 0 unspecified atom stereocenters. The summed E-state index contributed by atoms with van der Waals surface area (Å²) in [7, 11) is -1.03. The van der Waals surface area contributed by atoms with E-state index in [0.717, 1.165) is 6.42 Å². The molecule has 0 saturated heterocycles. The summed E-state index contributed by atoms with van der Waals surface area (Å²) in [6.45, 7) is 7.41. The van der Waals surface area contributed by atoms with Crippen molar-refractivity contribution in [3.63, 3.8) is 0 Å². The smallest absolute Gasteiger partial charge is 0.0682 e. The molecule has 0 bridgehead atoms. The van der Waals surface area contributed by atoms with E-state index in [1.54, 1.807) is 0 Å². The lowest BCUT2D eigenvalue weighted by molar-refractivity contribution is 0.993. The van der Waals surface area contributed by atoms with Crippen molar-refractivity contribution in [3.8, 4) is 0 Å². The number of hydrogen-bond donors (Lipinski definition) is 0. The van der Waals surface area contributed by atoms with Gasteiger partial charge in [0.2, 0.25) is 0 Å². The van der Waals surface area contributed by atoms with Crippen molar-refractivity contribution in [2.45, 2.75) is 26.1 Å². The first-order chi connectivity index (χ1) is 5.06. The Hall–Kier alpha value is -0.733. The SMILES string of the molecule is C[Si](C)(C)/C=C\CCN=[N+]=[N-]. The Kier molecular flexibility index (Phi) is 4.66. The third kappa shape index (κ3) is 9.27. The molecule has 0 aromatic heterocycles. The van der Waals surface area contributed by atoms with E-state index in [-0.39, 0.29) is 0 Å². The fourth-order valence-electron chi connectivity index (χ4n) is 0.614. The van der Waals surface area contributed by atoms with Gasteiger partial charge in [0.25, 0.3) is 0 Å². The number of rotatable bonds is 4. The first-order valence-corrected chi connectivity index (χ1v) is 7.32. The highest BCUT2D eigenvalue weighted by atomic mass is 28.3. The standard InChI is InChI=1S/C7H15N3Si/c1-11(2,3)7-5-4-6-9-10-8/h5,7H,4,6H2,1-3H3/b7-5-. The molecule has 0 aliphatic heterocycles. The van der Waals surface area contributed by atoms with Crippen molar-refractivity contribution in [2.75, 3.05) is 6.54 Å². The zero-order valence-electron chi connectivity index (χ0n) is 7.41. The van der Waals surface area contributed by atoms with Crippen LogP contribution in [0.4, 0.5) is 0 Å². The predicted molar refractivity (Wildman–Crippen MR) is 51.1 cm³/mol. The molecule has 4 heteroatoms. The lowest BCUT2D eigenvalue weighted by atomic mass is 10.4. The van der Waals surface area contributed by atoms with Crippen LogP contribution in [0.15, 0.2) is 16.9 Å². The summed E-state index contributed by atoms with van der Waals surface area (Å²) in [4.78, 5) is 2.67. The molecule has 0 radical (unpaired) electrons. The molecule has 0 aliphatic rings. The van der Waals surface area contributed by atoms with E-state index >= 15 is 0 Å². The largest absolute Gasteiger partial charge is 0.0989 e. The van der Waals surface area contributed by atoms with Crippen molar-refractivity contribution in [2.24, 2.45) is 5.11 Å². The average molecular weight is 169 g/mol. The fraction of sp³-hybridized carbons (Fsp3) is 0.714. The lowest BCUT2D eigenvalue weighted by Crippen LogP contribution is -2.15. The monoisotopic (exact) mass is 169 g/mol. The van der Waals surface area contributed by atoms with Crippen molar-refractivity contribution in [3.05, 3.63) is 22.2 Å². The summed E-state index contributed by atoms with van der Waals surface area (Å²) < 4.78 is 0. The van der Waals surface area contributed by atoms with Crippen LogP contribution < -0.4 is 0 Å². The quantitative estimate of drug-likeness (QED) is 0.204. The predicted octanol–water partition coefficient (Wildman–Crippen LogP) is 3.12. The van der Waals surface area contributed by atoms with Crippen LogP contribution in [0, 0.1) is 0 Å². The van der Waals surface area contributed by atoms with Gasteiger partial charge < -0.3 is 0 Å². The van der Waals surface area contributed by atoms with Crippen LogP contribution in [0.1, 0.15) is 6.42 Å². The maximum absolute atomic E-state index is 7.97. The maximum Gasteiger partial charge on any atom is 0.0682 e. The van der Waals surface area contributed by atoms with E-state index in [2.05, 4.69) is 41.4 Å². The molecule has 0 rings (SSSR count). The molecule has 0 aliphatic carbocycles. The molecule has 62 valence electrons. The molecule has 0 N–H and O–H groups in total. The molecule has 0 spiro atoms. The minimum atomic E-state index is -1.03. The lowest BCUT2D eigenvalue weighted by Gasteiger charge is -2.07. The van der Waals surface area contributed by atoms with Crippen LogP contribution in [0.5, 0.6) is 0 Å². The summed E-state index contributed by atoms with van der Waals surface area (Å²) in [6, 6.07) is 0. The third-order valence-corrected chi connectivity index (χ3v) is 2.31.